The Labute approximate surface area is 204 Å². The molecule has 178 valence electrons. The third kappa shape index (κ3) is 6.30. The molecule has 0 aliphatic carbocycles. The predicted octanol–water partition coefficient (Wildman–Crippen LogP) is 2.23. The van der Waals surface area contributed by atoms with Gasteiger partial charge >= 0.3 is 0 Å². The van der Waals surface area contributed by atoms with Crippen LogP contribution in [0, 0.1) is 14.6 Å². The van der Waals surface area contributed by atoms with Crippen molar-refractivity contribution in [2.45, 2.75) is 37.8 Å². The molecule has 0 radical (unpaired) electrons. The first-order valence-electron chi connectivity index (χ1n) is 10.5. The summed E-state index contributed by atoms with van der Waals surface area (Å²) in [7, 11) is 0. The molecule has 2 saturated heterocycles. The lowest BCUT2D eigenvalue weighted by atomic mass is 9.81. The lowest BCUT2D eigenvalue weighted by molar-refractivity contribution is -0.604. The number of anilines is 2. The fourth-order valence-electron chi connectivity index (χ4n) is 3.96. The van der Waals surface area contributed by atoms with Crippen molar-refractivity contribution in [3.8, 4) is 0 Å². The highest BCUT2D eigenvalue weighted by Gasteiger charge is 2.49. The van der Waals surface area contributed by atoms with Crippen LogP contribution in [0.5, 0.6) is 0 Å². The molecule has 1 aromatic carbocycles. The van der Waals surface area contributed by atoms with Crippen molar-refractivity contribution in [1.82, 2.24) is 10.2 Å². The number of rotatable bonds is 4. The summed E-state index contributed by atoms with van der Waals surface area (Å²) in [5.41, 5.74) is -0.274. The van der Waals surface area contributed by atoms with E-state index in [4.69, 9.17) is 9.90 Å². The number of carboxylic acid groups (broad SMARTS) is 1. The number of benzene rings is 1. The van der Waals surface area contributed by atoms with Crippen molar-refractivity contribution < 1.29 is 28.9 Å². The molecule has 2 aliphatic heterocycles. The molecule has 3 heterocycles. The highest BCUT2D eigenvalue weighted by atomic mass is 127. The maximum absolute atomic E-state index is 14.2. The molecule has 2 aromatic rings. The van der Waals surface area contributed by atoms with Crippen LogP contribution in [0.3, 0.4) is 0 Å². The van der Waals surface area contributed by atoms with Crippen molar-refractivity contribution in [2.24, 2.45) is 0 Å². The number of hydrogen-bond donors (Lipinski definition) is 4. The average Bonchev–Trinajstić information content (AvgIpc) is 2.73. The minimum Gasteiger partial charge on any atom is -0.619 e. The maximum atomic E-state index is 14.2. The second-order valence-corrected chi connectivity index (χ2v) is 9.41. The summed E-state index contributed by atoms with van der Waals surface area (Å²) in [5.74, 6) is -1.61. The van der Waals surface area contributed by atoms with Crippen LogP contribution >= 0.6 is 22.6 Å². The Kier molecular flexibility index (Phi) is 8.08. The molecular formula is C22H26FIN4O5. The van der Waals surface area contributed by atoms with Gasteiger partial charge in [-0.05, 0) is 60.2 Å². The number of amides is 1. The first-order valence-corrected chi connectivity index (χ1v) is 11.6. The van der Waals surface area contributed by atoms with Gasteiger partial charge in [-0.25, -0.2) is 4.39 Å². The van der Waals surface area contributed by atoms with Gasteiger partial charge in [0.25, 0.3) is 11.9 Å². The Bertz CT molecular complexity index is 1020. The van der Waals surface area contributed by atoms with Gasteiger partial charge in [0, 0.05) is 22.6 Å². The number of likely N-dealkylation sites (tertiary alicyclic amines) is 1. The highest BCUT2D eigenvalue weighted by Crippen LogP contribution is 2.32. The molecule has 0 spiro atoms. The van der Waals surface area contributed by atoms with E-state index < -0.39 is 17.4 Å². The zero-order valence-electron chi connectivity index (χ0n) is 18.1. The number of aromatic nitrogens is 1. The molecule has 1 atom stereocenters. The van der Waals surface area contributed by atoms with E-state index in [1.807, 2.05) is 22.6 Å². The molecule has 2 fully saturated rings. The second kappa shape index (κ2) is 10.6. The van der Waals surface area contributed by atoms with Gasteiger partial charge < -0.3 is 31.0 Å². The Morgan fingerprint density at radius 2 is 2.00 bits per heavy atom. The Morgan fingerprint density at radius 1 is 1.30 bits per heavy atom. The van der Waals surface area contributed by atoms with Crippen LogP contribution in [0.1, 0.15) is 36.5 Å². The molecule has 33 heavy (non-hydrogen) atoms. The van der Waals surface area contributed by atoms with Gasteiger partial charge in [0.2, 0.25) is 6.20 Å². The molecule has 2 aliphatic rings. The van der Waals surface area contributed by atoms with E-state index in [1.165, 1.54) is 24.5 Å². The first-order chi connectivity index (χ1) is 15.6. The summed E-state index contributed by atoms with van der Waals surface area (Å²) >= 11 is 2.01. The summed E-state index contributed by atoms with van der Waals surface area (Å²) in [6.07, 6.45) is 5.49. The molecule has 1 aromatic heterocycles. The van der Waals surface area contributed by atoms with E-state index in [9.17, 15) is 19.5 Å². The van der Waals surface area contributed by atoms with Crippen LogP contribution in [0.25, 0.3) is 0 Å². The Morgan fingerprint density at radius 3 is 2.61 bits per heavy atom. The number of piperidine rings is 1. The van der Waals surface area contributed by atoms with Gasteiger partial charge in [-0.3, -0.25) is 9.59 Å². The molecule has 0 saturated carbocycles. The van der Waals surface area contributed by atoms with E-state index in [1.54, 1.807) is 17.0 Å². The number of carbonyl (C=O) groups is 2. The summed E-state index contributed by atoms with van der Waals surface area (Å²) < 4.78 is 15.5. The number of nitrogens with zero attached hydrogens (tertiary/aromatic N) is 2. The van der Waals surface area contributed by atoms with E-state index in [0.29, 0.717) is 4.73 Å². The highest BCUT2D eigenvalue weighted by molar-refractivity contribution is 14.1. The molecule has 0 bridgehead atoms. The smallest absolute Gasteiger partial charge is 0.300 e. The monoisotopic (exact) mass is 572 g/mol. The van der Waals surface area contributed by atoms with Gasteiger partial charge in [0.15, 0.2) is 6.20 Å². The SMILES string of the molecule is CC(=O)O.O=C(c1cc[n+]([O-])cc1Nc1ccc(I)cc1F)N1CC(O)([C@@H]2CCCCN2)C1. The van der Waals surface area contributed by atoms with Crippen LogP contribution in [0.15, 0.2) is 36.7 Å². The van der Waals surface area contributed by atoms with Crippen LogP contribution in [0.4, 0.5) is 15.8 Å². The lowest BCUT2D eigenvalue weighted by Gasteiger charge is -2.51. The third-order valence-electron chi connectivity index (χ3n) is 5.54. The minimum absolute atomic E-state index is 0.0154. The van der Waals surface area contributed by atoms with Gasteiger partial charge in [-0.15, -0.1) is 0 Å². The van der Waals surface area contributed by atoms with E-state index in [0.717, 1.165) is 36.3 Å². The summed E-state index contributed by atoms with van der Waals surface area (Å²) in [6.45, 7) is 2.42. The zero-order valence-corrected chi connectivity index (χ0v) is 20.2. The van der Waals surface area contributed by atoms with Crippen molar-refractivity contribution in [3.05, 3.63) is 56.8 Å². The van der Waals surface area contributed by atoms with Crippen LogP contribution in [-0.4, -0.2) is 58.3 Å². The van der Waals surface area contributed by atoms with Crippen molar-refractivity contribution in [1.29, 1.82) is 0 Å². The Hall–Kier alpha value is -2.51. The number of hydrogen-bond acceptors (Lipinski definition) is 6. The standard InChI is InChI=1S/C20H22FIN4O3.C2H4O2/c21-15-9-13(22)4-5-16(15)24-17-10-26(29)8-6-14(17)19(27)25-11-20(28,12-25)18-3-1-2-7-23-18;1-2(3)4/h4-6,8-10,18,23-24,28H,1-3,7,11-12H2;1H3,(H,3,4)/t18-;/m0./s1. The van der Waals surface area contributed by atoms with E-state index in [-0.39, 0.29) is 42.0 Å². The predicted molar refractivity (Wildman–Crippen MR) is 128 cm³/mol. The lowest BCUT2D eigenvalue weighted by Crippen LogP contribution is -2.72. The molecule has 11 heteroatoms. The largest absolute Gasteiger partial charge is 0.619 e. The number of carbonyl (C=O) groups excluding carboxylic acids is 1. The van der Waals surface area contributed by atoms with Gasteiger partial charge in [0.1, 0.15) is 17.1 Å². The molecule has 0 unspecified atom stereocenters. The topological polar surface area (TPSA) is 129 Å². The first kappa shape index (κ1) is 25.1. The van der Waals surface area contributed by atoms with Crippen LogP contribution < -0.4 is 15.4 Å². The zero-order chi connectivity index (χ0) is 24.2. The summed E-state index contributed by atoms with van der Waals surface area (Å²) in [4.78, 5) is 23.6. The number of β-amino-alcohol motifs (C(OH)–C–C–N with tert-alkyl or cyclic N) is 1. The maximum Gasteiger partial charge on any atom is 0.300 e. The molecule has 4 rings (SSSR count). The molecule has 4 N–H and O–H groups in total. The molecular weight excluding hydrogens is 546 g/mol. The summed E-state index contributed by atoms with van der Waals surface area (Å²) in [6, 6.07) is 6.06. The van der Waals surface area contributed by atoms with Crippen molar-refractivity contribution >= 4 is 45.8 Å². The average molecular weight is 572 g/mol. The van der Waals surface area contributed by atoms with Gasteiger partial charge in [-0.1, -0.05) is 6.42 Å². The number of aliphatic carboxylic acids is 1. The normalized spacial score (nSPS) is 19.0. The van der Waals surface area contributed by atoms with Crippen molar-refractivity contribution in [3.63, 3.8) is 0 Å². The molecule has 9 nitrogen and oxygen atoms in total. The minimum atomic E-state index is -0.931. The molecule has 1 amide bonds. The number of nitrogens with one attached hydrogen (secondary N) is 2. The van der Waals surface area contributed by atoms with Crippen molar-refractivity contribution in [2.75, 3.05) is 25.0 Å². The number of aliphatic hydroxyl groups is 1. The quantitative estimate of drug-likeness (QED) is 0.251. The fourth-order valence-corrected chi connectivity index (χ4v) is 4.41. The fraction of sp³-hybridized carbons (Fsp3) is 0.409. The van der Waals surface area contributed by atoms with Gasteiger partial charge in [-0.2, -0.15) is 4.73 Å². The van der Waals surface area contributed by atoms with Gasteiger partial charge in [0.05, 0.1) is 24.3 Å². The van der Waals surface area contributed by atoms with Crippen LogP contribution in [-0.2, 0) is 4.79 Å². The van der Waals surface area contributed by atoms with Crippen LogP contribution in [0.2, 0.25) is 0 Å². The number of pyridine rings is 1. The van der Waals surface area contributed by atoms with E-state index in [2.05, 4.69) is 10.6 Å². The number of carboxylic acids is 1. The second-order valence-electron chi connectivity index (χ2n) is 8.17. The Balaban J connectivity index is 0.000000709. The third-order valence-corrected chi connectivity index (χ3v) is 6.21. The summed E-state index contributed by atoms with van der Waals surface area (Å²) in [5, 5.41) is 36.2. The van der Waals surface area contributed by atoms with E-state index >= 15 is 0 Å². The number of halogens is 2.